The predicted molar refractivity (Wildman–Crippen MR) is 37.1 cm³/mol. The van der Waals surface area contributed by atoms with Gasteiger partial charge < -0.3 is 19.7 Å². The first kappa shape index (κ1) is 9.15. The summed E-state index contributed by atoms with van der Waals surface area (Å²) in [6.07, 6.45) is -3.15. The SMILES string of the molecule is CC(C=O)C1OC(=O)C(O)C1O. The fourth-order valence-corrected chi connectivity index (χ4v) is 1.09. The Morgan fingerprint density at radius 2 is 2.17 bits per heavy atom. The van der Waals surface area contributed by atoms with Crippen LogP contribution in [-0.2, 0) is 14.3 Å². The largest absolute Gasteiger partial charge is 0.457 e. The van der Waals surface area contributed by atoms with Crippen LogP contribution >= 0.6 is 0 Å². The highest BCUT2D eigenvalue weighted by atomic mass is 16.6. The van der Waals surface area contributed by atoms with Crippen LogP contribution in [0.4, 0.5) is 0 Å². The molecule has 0 radical (unpaired) electrons. The van der Waals surface area contributed by atoms with Crippen molar-refractivity contribution in [3.05, 3.63) is 0 Å². The molecule has 68 valence electrons. The maximum atomic E-state index is 10.7. The van der Waals surface area contributed by atoms with Gasteiger partial charge in [-0.2, -0.15) is 0 Å². The van der Waals surface area contributed by atoms with E-state index in [4.69, 9.17) is 5.11 Å². The Hall–Kier alpha value is -0.940. The third-order valence-electron chi connectivity index (χ3n) is 1.89. The second-order valence-electron chi connectivity index (χ2n) is 2.83. The molecule has 2 N–H and O–H groups in total. The smallest absolute Gasteiger partial charge is 0.338 e. The summed E-state index contributed by atoms with van der Waals surface area (Å²) in [5.74, 6) is -1.47. The van der Waals surface area contributed by atoms with E-state index in [1.165, 1.54) is 6.92 Å². The zero-order valence-corrected chi connectivity index (χ0v) is 6.51. The molecule has 4 atom stereocenters. The lowest BCUT2D eigenvalue weighted by molar-refractivity contribution is -0.148. The van der Waals surface area contributed by atoms with Crippen molar-refractivity contribution in [3.63, 3.8) is 0 Å². The first-order valence-corrected chi connectivity index (χ1v) is 3.60. The van der Waals surface area contributed by atoms with Gasteiger partial charge in [0.1, 0.15) is 18.5 Å². The lowest BCUT2D eigenvalue weighted by atomic mass is 10.0. The molecule has 0 aromatic carbocycles. The molecule has 0 aliphatic carbocycles. The molecular weight excluding hydrogens is 164 g/mol. The molecular formula is C7H10O5. The molecule has 0 aromatic heterocycles. The molecule has 12 heavy (non-hydrogen) atoms. The molecule has 0 spiro atoms. The molecule has 1 aliphatic heterocycles. The third-order valence-corrected chi connectivity index (χ3v) is 1.89. The van der Waals surface area contributed by atoms with Crippen molar-refractivity contribution in [2.75, 3.05) is 0 Å². The van der Waals surface area contributed by atoms with Crippen molar-refractivity contribution in [1.82, 2.24) is 0 Å². The second kappa shape index (κ2) is 3.20. The molecule has 1 rings (SSSR count). The van der Waals surface area contributed by atoms with Crippen LogP contribution in [0.25, 0.3) is 0 Å². The van der Waals surface area contributed by atoms with Crippen molar-refractivity contribution in [1.29, 1.82) is 0 Å². The molecule has 1 fully saturated rings. The summed E-state index contributed by atoms with van der Waals surface area (Å²) < 4.78 is 4.57. The Bertz CT molecular complexity index is 202. The Kier molecular flexibility index (Phi) is 2.44. The zero-order valence-electron chi connectivity index (χ0n) is 6.51. The molecule has 0 amide bonds. The van der Waals surface area contributed by atoms with Gasteiger partial charge in [-0.15, -0.1) is 0 Å². The molecule has 4 unspecified atom stereocenters. The number of esters is 1. The van der Waals surface area contributed by atoms with E-state index < -0.39 is 30.2 Å². The van der Waals surface area contributed by atoms with Crippen LogP contribution in [0.5, 0.6) is 0 Å². The van der Waals surface area contributed by atoms with Crippen molar-refractivity contribution in [3.8, 4) is 0 Å². The molecule has 1 heterocycles. The Morgan fingerprint density at radius 3 is 2.50 bits per heavy atom. The van der Waals surface area contributed by atoms with Crippen molar-refractivity contribution >= 4 is 12.3 Å². The minimum absolute atomic E-state index is 0.569. The van der Waals surface area contributed by atoms with Gasteiger partial charge in [0.05, 0.1) is 5.92 Å². The van der Waals surface area contributed by atoms with Gasteiger partial charge >= 0.3 is 5.97 Å². The summed E-state index contributed by atoms with van der Waals surface area (Å²) in [5, 5.41) is 18.1. The summed E-state index contributed by atoms with van der Waals surface area (Å²) in [6.45, 7) is 1.51. The normalized spacial score (nSPS) is 37.6. The van der Waals surface area contributed by atoms with Gasteiger partial charge in [0.25, 0.3) is 0 Å². The van der Waals surface area contributed by atoms with Gasteiger partial charge in [-0.1, -0.05) is 6.92 Å². The average molecular weight is 174 g/mol. The van der Waals surface area contributed by atoms with E-state index in [9.17, 15) is 14.7 Å². The molecule has 0 aromatic rings. The predicted octanol–water partition coefficient (Wildman–Crippen LogP) is -1.53. The van der Waals surface area contributed by atoms with E-state index in [0.717, 1.165) is 0 Å². The zero-order chi connectivity index (χ0) is 9.30. The van der Waals surface area contributed by atoms with Gasteiger partial charge in [-0.25, -0.2) is 4.79 Å². The maximum absolute atomic E-state index is 10.7. The minimum atomic E-state index is -1.52. The molecule has 0 saturated carbocycles. The Labute approximate surface area is 68.9 Å². The molecule has 0 bridgehead atoms. The van der Waals surface area contributed by atoms with Crippen LogP contribution < -0.4 is 0 Å². The Balaban J connectivity index is 2.70. The van der Waals surface area contributed by atoms with Gasteiger partial charge in [0, 0.05) is 0 Å². The number of ether oxygens (including phenoxy) is 1. The van der Waals surface area contributed by atoms with Crippen LogP contribution in [-0.4, -0.2) is 40.8 Å². The van der Waals surface area contributed by atoms with E-state index >= 15 is 0 Å². The van der Waals surface area contributed by atoms with Crippen LogP contribution in [0, 0.1) is 5.92 Å². The van der Waals surface area contributed by atoms with E-state index in [-0.39, 0.29) is 0 Å². The highest BCUT2D eigenvalue weighted by Crippen LogP contribution is 2.21. The number of cyclic esters (lactones) is 1. The number of hydrogen-bond donors (Lipinski definition) is 2. The van der Waals surface area contributed by atoms with Gasteiger partial charge in [0.15, 0.2) is 6.10 Å². The number of aliphatic hydroxyl groups is 2. The molecule has 1 saturated heterocycles. The second-order valence-corrected chi connectivity index (χ2v) is 2.83. The summed E-state index contributed by atoms with van der Waals surface area (Å²) in [5.41, 5.74) is 0. The number of hydrogen-bond acceptors (Lipinski definition) is 5. The summed E-state index contributed by atoms with van der Waals surface area (Å²) in [6, 6.07) is 0. The van der Waals surface area contributed by atoms with Crippen molar-refractivity contribution in [2.24, 2.45) is 5.92 Å². The van der Waals surface area contributed by atoms with Crippen LogP contribution in [0.3, 0.4) is 0 Å². The van der Waals surface area contributed by atoms with E-state index in [0.29, 0.717) is 6.29 Å². The number of aldehydes is 1. The average Bonchev–Trinajstić information content (AvgIpc) is 2.32. The summed E-state index contributed by atoms with van der Waals surface area (Å²) in [4.78, 5) is 20.9. The van der Waals surface area contributed by atoms with E-state index in [1.54, 1.807) is 0 Å². The van der Waals surface area contributed by atoms with Crippen LogP contribution in [0.1, 0.15) is 6.92 Å². The number of carbonyl (C=O) groups is 2. The molecule has 5 nitrogen and oxygen atoms in total. The standard InChI is InChI=1S/C7H10O5/c1-3(2-8)6-4(9)5(10)7(11)12-6/h2-6,9-10H,1H3. The molecule has 1 aliphatic rings. The lowest BCUT2D eigenvalue weighted by Crippen LogP contribution is -2.35. The lowest BCUT2D eigenvalue weighted by Gasteiger charge is -2.15. The van der Waals surface area contributed by atoms with Gasteiger partial charge in [0.2, 0.25) is 0 Å². The van der Waals surface area contributed by atoms with Crippen LogP contribution in [0.15, 0.2) is 0 Å². The van der Waals surface area contributed by atoms with Gasteiger partial charge in [-0.3, -0.25) is 0 Å². The highest BCUT2D eigenvalue weighted by molar-refractivity contribution is 5.78. The number of carbonyl (C=O) groups excluding carboxylic acids is 2. The summed E-state index contributed by atoms with van der Waals surface area (Å²) >= 11 is 0. The van der Waals surface area contributed by atoms with Crippen molar-refractivity contribution < 1.29 is 24.5 Å². The van der Waals surface area contributed by atoms with E-state index in [1.807, 2.05) is 0 Å². The van der Waals surface area contributed by atoms with Crippen molar-refractivity contribution in [2.45, 2.75) is 25.2 Å². The minimum Gasteiger partial charge on any atom is -0.457 e. The quantitative estimate of drug-likeness (QED) is 0.392. The monoisotopic (exact) mass is 174 g/mol. The number of rotatable bonds is 2. The first-order chi connectivity index (χ1) is 5.57. The third kappa shape index (κ3) is 1.33. The van der Waals surface area contributed by atoms with Gasteiger partial charge in [-0.05, 0) is 0 Å². The fraction of sp³-hybridized carbons (Fsp3) is 0.714. The summed E-state index contributed by atoms with van der Waals surface area (Å²) in [7, 11) is 0. The Morgan fingerprint density at radius 1 is 1.58 bits per heavy atom. The topological polar surface area (TPSA) is 83.8 Å². The first-order valence-electron chi connectivity index (χ1n) is 3.60. The number of aliphatic hydroxyl groups excluding tert-OH is 2. The van der Waals surface area contributed by atoms with E-state index in [2.05, 4.69) is 4.74 Å². The highest BCUT2D eigenvalue weighted by Gasteiger charge is 2.44. The molecule has 5 heteroatoms. The van der Waals surface area contributed by atoms with Crippen LogP contribution in [0.2, 0.25) is 0 Å². The maximum Gasteiger partial charge on any atom is 0.338 e. The fourth-order valence-electron chi connectivity index (χ4n) is 1.09.